The van der Waals surface area contributed by atoms with E-state index in [0.717, 1.165) is 25.3 Å². The third-order valence-electron chi connectivity index (χ3n) is 2.74. The van der Waals surface area contributed by atoms with Crippen LogP contribution in [-0.4, -0.2) is 19.4 Å². The summed E-state index contributed by atoms with van der Waals surface area (Å²) in [5, 5.41) is 2.05. The zero-order valence-electron chi connectivity index (χ0n) is 9.28. The minimum atomic E-state index is 0.635. The lowest BCUT2D eigenvalue weighted by molar-refractivity contribution is 0.639. The number of H-pyrrole nitrogens is 1. The number of alkyl halides is 2. The molecule has 0 spiro atoms. The summed E-state index contributed by atoms with van der Waals surface area (Å²) >= 11 is 4.68. The Morgan fingerprint density at radius 1 is 1.39 bits per heavy atom. The third kappa shape index (κ3) is 1.94. The van der Waals surface area contributed by atoms with E-state index in [0.29, 0.717) is 5.71 Å². The molecule has 0 aliphatic carbocycles. The van der Waals surface area contributed by atoms with Crippen LogP contribution in [-0.2, 0) is 4.43 Å². The maximum Gasteiger partial charge on any atom is 0.232 e. The first-order valence-electron chi connectivity index (χ1n) is 5.36. The number of halogens is 2. The molecule has 0 fully saturated rings. The van der Waals surface area contributed by atoms with Gasteiger partial charge >= 0.3 is 0 Å². The maximum absolute atomic E-state index is 5.71. The number of rotatable bonds is 3. The Morgan fingerprint density at radius 3 is 3.06 bits per heavy atom. The second-order valence-electron chi connectivity index (χ2n) is 3.76. The van der Waals surface area contributed by atoms with Crippen LogP contribution in [0.1, 0.15) is 11.3 Å². The normalized spacial score (nSPS) is 12.1. The van der Waals surface area contributed by atoms with Crippen LogP contribution in [0, 0.1) is 0 Å². The largest absolute Gasteiger partial charge is 0.421 e. The van der Waals surface area contributed by atoms with E-state index in [1.165, 1.54) is 17.6 Å². The molecule has 3 rings (SSSR count). The quantitative estimate of drug-likeness (QED) is 0.469. The number of aromatic nitrogens is 3. The van der Waals surface area contributed by atoms with Crippen molar-refractivity contribution in [2.45, 2.75) is 4.43 Å². The van der Waals surface area contributed by atoms with Crippen molar-refractivity contribution in [1.29, 1.82) is 0 Å². The second kappa shape index (κ2) is 5.16. The minimum Gasteiger partial charge on any atom is -0.421 e. The van der Waals surface area contributed by atoms with Gasteiger partial charge in [0, 0.05) is 26.3 Å². The molecule has 0 saturated carbocycles. The number of nitrogens with one attached hydrogen (secondary N) is 1. The number of hydrogen-bond donors (Lipinski definition) is 1. The van der Waals surface area contributed by atoms with Crippen molar-refractivity contribution in [3.8, 4) is 0 Å². The highest BCUT2D eigenvalue weighted by atomic mass is 127. The summed E-state index contributed by atoms with van der Waals surface area (Å²) in [5.41, 5.74) is 3.78. The van der Waals surface area contributed by atoms with Crippen molar-refractivity contribution in [3.05, 3.63) is 29.9 Å². The van der Waals surface area contributed by atoms with Crippen molar-refractivity contribution in [2.24, 2.45) is 0 Å². The summed E-state index contributed by atoms with van der Waals surface area (Å²) in [5.74, 6) is 0. The molecule has 3 aromatic rings. The fourth-order valence-electron chi connectivity index (χ4n) is 2.00. The van der Waals surface area contributed by atoms with Crippen LogP contribution in [0.15, 0.2) is 23.0 Å². The van der Waals surface area contributed by atoms with Crippen molar-refractivity contribution in [3.63, 3.8) is 0 Å². The molecular weight excluding hydrogens is 456 g/mol. The third-order valence-corrected chi connectivity index (χ3v) is 4.01. The number of furan rings is 1. The molecule has 18 heavy (non-hydrogen) atoms. The van der Waals surface area contributed by atoms with Gasteiger partial charge in [-0.1, -0.05) is 57.3 Å². The molecule has 0 aromatic carbocycles. The van der Waals surface area contributed by atoms with Gasteiger partial charge in [-0.2, -0.15) is 0 Å². The Kier molecular flexibility index (Phi) is 3.55. The first kappa shape index (κ1) is 12.4. The van der Waals surface area contributed by atoms with Gasteiger partial charge in [0.1, 0.15) is 6.33 Å². The lowest BCUT2D eigenvalue weighted by Crippen LogP contribution is -1.82. The molecule has 0 aliphatic heterocycles. The molecule has 4 nitrogen and oxygen atoms in total. The molecule has 0 aliphatic rings. The van der Waals surface area contributed by atoms with E-state index in [1.807, 2.05) is 0 Å². The zero-order chi connectivity index (χ0) is 12.5. The van der Waals surface area contributed by atoms with Gasteiger partial charge in [-0.3, -0.25) is 0 Å². The van der Waals surface area contributed by atoms with Gasteiger partial charge in [-0.25, -0.2) is 9.97 Å². The lowest BCUT2D eigenvalue weighted by Gasteiger charge is -1.95. The summed E-state index contributed by atoms with van der Waals surface area (Å²) in [7, 11) is 0. The summed E-state index contributed by atoms with van der Waals surface area (Å²) < 4.78 is 7.61. The molecule has 0 atom stereocenters. The van der Waals surface area contributed by atoms with Gasteiger partial charge in [0.15, 0.2) is 0 Å². The SMILES string of the molecule is IC/C=C\c1c(CI)[nH]c2oc3ncncc3c12. The highest BCUT2D eigenvalue weighted by molar-refractivity contribution is 14.1. The van der Waals surface area contributed by atoms with E-state index >= 15 is 0 Å². The van der Waals surface area contributed by atoms with Crippen LogP contribution in [0.25, 0.3) is 28.3 Å². The average molecular weight is 465 g/mol. The van der Waals surface area contributed by atoms with Crippen molar-refractivity contribution < 1.29 is 4.42 Å². The van der Waals surface area contributed by atoms with E-state index in [-0.39, 0.29) is 0 Å². The van der Waals surface area contributed by atoms with Gasteiger partial charge in [-0.05, 0) is 0 Å². The maximum atomic E-state index is 5.71. The van der Waals surface area contributed by atoms with E-state index in [4.69, 9.17) is 4.42 Å². The molecule has 3 heterocycles. The van der Waals surface area contributed by atoms with Crippen LogP contribution in [0.2, 0.25) is 0 Å². The Morgan fingerprint density at radius 2 is 2.28 bits per heavy atom. The van der Waals surface area contributed by atoms with Crippen molar-refractivity contribution in [2.75, 3.05) is 4.43 Å². The molecule has 6 heteroatoms. The summed E-state index contributed by atoms with van der Waals surface area (Å²) in [6, 6.07) is 0. The van der Waals surface area contributed by atoms with E-state index < -0.39 is 0 Å². The van der Waals surface area contributed by atoms with Crippen LogP contribution in [0.4, 0.5) is 0 Å². The Labute approximate surface area is 131 Å². The van der Waals surface area contributed by atoms with Gasteiger partial charge in [0.2, 0.25) is 11.4 Å². The number of aromatic amines is 1. The highest BCUT2D eigenvalue weighted by Gasteiger charge is 2.16. The first-order valence-corrected chi connectivity index (χ1v) is 8.41. The van der Waals surface area contributed by atoms with Crippen LogP contribution >= 0.6 is 45.2 Å². The van der Waals surface area contributed by atoms with Gasteiger partial charge < -0.3 is 9.40 Å². The molecule has 0 saturated heterocycles. The molecule has 92 valence electrons. The number of nitrogens with zero attached hydrogens (tertiary/aromatic N) is 2. The zero-order valence-corrected chi connectivity index (χ0v) is 13.6. The molecule has 0 unspecified atom stereocenters. The van der Waals surface area contributed by atoms with Crippen LogP contribution in [0.3, 0.4) is 0 Å². The van der Waals surface area contributed by atoms with E-state index in [9.17, 15) is 0 Å². The standard InChI is InChI=1S/C12H9I2N3O/c13-3-1-2-7-9(4-14)17-12-10(7)8-5-15-6-16-11(8)18-12/h1-2,5-6,17H,3-4H2/b2-1-. The topological polar surface area (TPSA) is 54.7 Å². The molecule has 3 aromatic heterocycles. The Bertz CT molecular complexity index is 729. The highest BCUT2D eigenvalue weighted by Crippen LogP contribution is 2.33. The molecule has 0 bridgehead atoms. The van der Waals surface area contributed by atoms with E-state index in [2.05, 4.69) is 72.3 Å². The lowest BCUT2D eigenvalue weighted by atomic mass is 10.1. The number of allylic oxidation sites excluding steroid dienone is 1. The second-order valence-corrected chi connectivity index (χ2v) is 5.40. The summed E-state index contributed by atoms with van der Waals surface area (Å²) in [6.07, 6.45) is 7.59. The van der Waals surface area contributed by atoms with Gasteiger partial charge in [0.25, 0.3) is 0 Å². The molecule has 1 N–H and O–H groups in total. The molecule has 0 radical (unpaired) electrons. The van der Waals surface area contributed by atoms with Gasteiger partial charge in [-0.15, -0.1) is 0 Å². The summed E-state index contributed by atoms with van der Waals surface area (Å²) in [4.78, 5) is 11.5. The average Bonchev–Trinajstić information content (AvgIpc) is 2.91. The van der Waals surface area contributed by atoms with Crippen molar-refractivity contribution >= 4 is 73.5 Å². The Hall–Kier alpha value is -0.640. The predicted molar refractivity (Wildman–Crippen MR) is 89.3 cm³/mol. The monoisotopic (exact) mass is 465 g/mol. The van der Waals surface area contributed by atoms with E-state index in [1.54, 1.807) is 6.20 Å². The summed E-state index contributed by atoms with van der Waals surface area (Å²) in [6.45, 7) is 0. The number of fused-ring (bicyclic) bond motifs is 3. The predicted octanol–water partition coefficient (Wildman–Crippen LogP) is 4.09. The fourth-order valence-corrected chi connectivity index (χ4v) is 2.86. The molecular formula is C12H9I2N3O. The minimum absolute atomic E-state index is 0.635. The Balaban J connectivity index is 2.37. The molecule has 0 amide bonds. The smallest absolute Gasteiger partial charge is 0.232 e. The number of hydrogen-bond acceptors (Lipinski definition) is 3. The van der Waals surface area contributed by atoms with Crippen molar-refractivity contribution in [1.82, 2.24) is 15.0 Å². The van der Waals surface area contributed by atoms with Gasteiger partial charge in [0.05, 0.1) is 10.8 Å². The van der Waals surface area contributed by atoms with Crippen LogP contribution in [0.5, 0.6) is 0 Å². The fraction of sp³-hybridized carbons (Fsp3) is 0.167. The van der Waals surface area contributed by atoms with Crippen LogP contribution < -0.4 is 0 Å². The first-order chi connectivity index (χ1) is 8.85.